The van der Waals surface area contributed by atoms with Crippen LogP contribution in [-0.2, 0) is 10.0 Å². The van der Waals surface area contributed by atoms with Gasteiger partial charge in [0.25, 0.3) is 5.91 Å². The summed E-state index contributed by atoms with van der Waals surface area (Å²) in [5.74, 6) is 0.888. The van der Waals surface area contributed by atoms with Crippen LogP contribution in [0.4, 0.5) is 11.4 Å². The average molecular weight is 409 g/mol. The lowest BCUT2D eigenvalue weighted by Crippen LogP contribution is -2.38. The van der Waals surface area contributed by atoms with E-state index >= 15 is 0 Å². The molecule has 0 unspecified atom stereocenters. The molecule has 0 atom stereocenters. The van der Waals surface area contributed by atoms with Crippen LogP contribution < -0.4 is 19.1 Å². The maximum Gasteiger partial charge on any atom is 0.255 e. The first-order valence-corrected chi connectivity index (χ1v) is 10.4. The van der Waals surface area contributed by atoms with Crippen LogP contribution >= 0.6 is 11.6 Å². The van der Waals surface area contributed by atoms with Gasteiger partial charge >= 0.3 is 0 Å². The number of hydrogen-bond donors (Lipinski definition) is 1. The van der Waals surface area contributed by atoms with Gasteiger partial charge in [-0.1, -0.05) is 11.6 Å². The summed E-state index contributed by atoms with van der Waals surface area (Å²) in [6.45, 7) is 0.507. The second-order valence-electron chi connectivity index (χ2n) is 6.28. The molecule has 1 N–H and O–H groups in total. The predicted molar refractivity (Wildman–Crippen MR) is 102 cm³/mol. The first-order chi connectivity index (χ1) is 12.9. The lowest BCUT2D eigenvalue weighted by atomic mass is 10.1. The molecule has 2 aromatic carbocycles. The average Bonchev–Trinajstić information content (AvgIpc) is 3.10. The third-order valence-electron chi connectivity index (χ3n) is 4.46. The van der Waals surface area contributed by atoms with Crippen molar-refractivity contribution in [1.29, 1.82) is 0 Å². The number of amides is 1. The molecule has 1 saturated heterocycles. The van der Waals surface area contributed by atoms with Crippen molar-refractivity contribution in [2.24, 2.45) is 0 Å². The van der Waals surface area contributed by atoms with Gasteiger partial charge in [-0.15, -0.1) is 0 Å². The lowest BCUT2D eigenvalue weighted by Gasteiger charge is -2.29. The first kappa shape index (κ1) is 17.9. The number of ether oxygens (including phenoxy) is 2. The Labute approximate surface area is 161 Å². The zero-order chi connectivity index (χ0) is 19.0. The molecule has 1 fully saturated rings. The van der Waals surface area contributed by atoms with Gasteiger partial charge in [-0.25, -0.2) is 8.42 Å². The maximum absolute atomic E-state index is 12.6. The molecule has 1 amide bonds. The minimum Gasteiger partial charge on any atom is -0.454 e. The Morgan fingerprint density at radius 3 is 2.70 bits per heavy atom. The Morgan fingerprint density at radius 2 is 1.89 bits per heavy atom. The molecule has 7 nitrogen and oxygen atoms in total. The number of rotatable bonds is 3. The third-order valence-corrected chi connectivity index (χ3v) is 6.63. The van der Waals surface area contributed by atoms with E-state index in [1.807, 2.05) is 0 Å². The number of nitrogens with zero attached hydrogens (tertiary/aromatic N) is 1. The molecule has 27 heavy (non-hydrogen) atoms. The molecule has 2 heterocycles. The summed E-state index contributed by atoms with van der Waals surface area (Å²) in [4.78, 5) is 12.6. The molecule has 9 heteroatoms. The van der Waals surface area contributed by atoms with Gasteiger partial charge in [0, 0.05) is 23.9 Å². The van der Waals surface area contributed by atoms with Gasteiger partial charge < -0.3 is 14.8 Å². The molecule has 0 bridgehead atoms. The van der Waals surface area contributed by atoms with Crippen LogP contribution in [0.5, 0.6) is 11.5 Å². The van der Waals surface area contributed by atoms with Crippen molar-refractivity contribution >= 4 is 38.9 Å². The Balaban J connectivity index is 1.59. The van der Waals surface area contributed by atoms with E-state index in [-0.39, 0.29) is 18.5 Å². The van der Waals surface area contributed by atoms with E-state index in [0.29, 0.717) is 46.4 Å². The topological polar surface area (TPSA) is 84.9 Å². The minimum atomic E-state index is -3.42. The smallest absolute Gasteiger partial charge is 0.255 e. The van der Waals surface area contributed by atoms with Crippen molar-refractivity contribution in [3.63, 3.8) is 0 Å². The van der Waals surface area contributed by atoms with Crippen molar-refractivity contribution in [2.75, 3.05) is 28.7 Å². The third kappa shape index (κ3) is 3.54. The maximum atomic E-state index is 12.6. The van der Waals surface area contributed by atoms with Gasteiger partial charge in [0.15, 0.2) is 11.5 Å². The number of benzene rings is 2. The second kappa shape index (κ2) is 6.94. The quantitative estimate of drug-likeness (QED) is 0.842. The van der Waals surface area contributed by atoms with Crippen molar-refractivity contribution in [1.82, 2.24) is 0 Å². The van der Waals surface area contributed by atoms with Gasteiger partial charge in [-0.2, -0.15) is 0 Å². The number of fused-ring (bicyclic) bond motifs is 1. The van der Waals surface area contributed by atoms with Crippen LogP contribution in [0.2, 0.25) is 5.02 Å². The highest BCUT2D eigenvalue weighted by Gasteiger charge is 2.28. The first-order valence-electron chi connectivity index (χ1n) is 8.45. The van der Waals surface area contributed by atoms with E-state index in [1.165, 1.54) is 16.4 Å². The van der Waals surface area contributed by atoms with Crippen LogP contribution in [0.3, 0.4) is 0 Å². The van der Waals surface area contributed by atoms with Crippen molar-refractivity contribution in [2.45, 2.75) is 12.8 Å². The monoisotopic (exact) mass is 408 g/mol. The van der Waals surface area contributed by atoms with Crippen molar-refractivity contribution in [3.05, 3.63) is 47.0 Å². The van der Waals surface area contributed by atoms with Gasteiger partial charge in [-0.3, -0.25) is 9.10 Å². The molecule has 0 radical (unpaired) electrons. The summed E-state index contributed by atoms with van der Waals surface area (Å²) in [6, 6.07) is 9.70. The molecule has 2 aliphatic heterocycles. The summed E-state index contributed by atoms with van der Waals surface area (Å²) in [6.07, 6.45) is 1.38. The van der Waals surface area contributed by atoms with Crippen LogP contribution in [0, 0.1) is 0 Å². The molecule has 142 valence electrons. The van der Waals surface area contributed by atoms with E-state index < -0.39 is 10.0 Å². The van der Waals surface area contributed by atoms with Gasteiger partial charge in [0.05, 0.1) is 16.5 Å². The Kier molecular flexibility index (Phi) is 4.61. The molecule has 0 aromatic heterocycles. The summed E-state index contributed by atoms with van der Waals surface area (Å²) in [5.41, 5.74) is 1.19. The number of carbonyl (C=O) groups excluding carboxylic acids is 1. The molecule has 0 spiro atoms. The standard InChI is InChI=1S/C18H17ClN2O5S/c19-14-5-3-12(9-15(14)21-7-1-2-8-27(21,23)24)18(22)20-13-4-6-16-17(10-13)26-11-25-16/h3-6,9-10H,1-2,7-8,11H2,(H,20,22). The molecule has 0 saturated carbocycles. The van der Waals surface area contributed by atoms with Crippen LogP contribution in [0.1, 0.15) is 23.2 Å². The van der Waals surface area contributed by atoms with E-state index in [4.69, 9.17) is 21.1 Å². The fourth-order valence-electron chi connectivity index (χ4n) is 3.08. The Hall–Kier alpha value is -2.45. The van der Waals surface area contributed by atoms with E-state index in [2.05, 4.69) is 5.32 Å². The van der Waals surface area contributed by atoms with Gasteiger partial charge in [-0.05, 0) is 43.2 Å². The number of anilines is 2. The highest BCUT2D eigenvalue weighted by Crippen LogP contribution is 2.35. The fourth-order valence-corrected chi connectivity index (χ4v) is 5.00. The molecule has 4 rings (SSSR count). The summed E-state index contributed by atoms with van der Waals surface area (Å²) in [7, 11) is -3.42. The summed E-state index contributed by atoms with van der Waals surface area (Å²) < 4.78 is 36.5. The number of halogens is 1. The summed E-state index contributed by atoms with van der Waals surface area (Å²) in [5, 5.41) is 3.06. The second-order valence-corrected chi connectivity index (χ2v) is 8.70. The molecular weight excluding hydrogens is 392 g/mol. The van der Waals surface area contributed by atoms with E-state index in [0.717, 1.165) is 6.42 Å². The minimum absolute atomic E-state index is 0.0803. The van der Waals surface area contributed by atoms with E-state index in [1.54, 1.807) is 24.3 Å². The van der Waals surface area contributed by atoms with Gasteiger partial charge in [0.1, 0.15) is 0 Å². The van der Waals surface area contributed by atoms with E-state index in [9.17, 15) is 13.2 Å². The Morgan fingerprint density at radius 1 is 1.07 bits per heavy atom. The van der Waals surface area contributed by atoms with Crippen LogP contribution in [-0.4, -0.2) is 33.4 Å². The zero-order valence-corrected chi connectivity index (χ0v) is 15.8. The Bertz CT molecular complexity index is 1010. The van der Waals surface area contributed by atoms with Gasteiger partial charge in [0.2, 0.25) is 16.8 Å². The number of hydrogen-bond acceptors (Lipinski definition) is 5. The summed E-state index contributed by atoms with van der Waals surface area (Å²) >= 11 is 6.22. The normalized spacial score (nSPS) is 17.6. The molecule has 2 aliphatic rings. The largest absolute Gasteiger partial charge is 0.454 e. The number of sulfonamides is 1. The molecule has 0 aliphatic carbocycles. The zero-order valence-electron chi connectivity index (χ0n) is 14.3. The highest BCUT2D eigenvalue weighted by molar-refractivity contribution is 7.92. The van der Waals surface area contributed by atoms with Crippen molar-refractivity contribution in [3.8, 4) is 11.5 Å². The lowest BCUT2D eigenvalue weighted by molar-refractivity contribution is 0.102. The van der Waals surface area contributed by atoms with Crippen LogP contribution in [0.15, 0.2) is 36.4 Å². The van der Waals surface area contributed by atoms with Crippen molar-refractivity contribution < 1.29 is 22.7 Å². The fraction of sp³-hybridized carbons (Fsp3) is 0.278. The number of nitrogens with one attached hydrogen (secondary N) is 1. The van der Waals surface area contributed by atoms with Crippen LogP contribution in [0.25, 0.3) is 0 Å². The molecule has 2 aromatic rings. The molecular formula is C18H17ClN2O5S. The SMILES string of the molecule is O=C(Nc1ccc2c(c1)OCO2)c1ccc(Cl)c(N2CCCCS2(=O)=O)c1. The number of carbonyl (C=O) groups is 1. The predicted octanol–water partition coefficient (Wildman–Crippen LogP) is 3.25. The highest BCUT2D eigenvalue weighted by atomic mass is 35.5.